The average molecular weight is 419 g/mol. The Morgan fingerprint density at radius 1 is 1.16 bits per heavy atom. The maximum absolute atomic E-state index is 13.1. The third-order valence-corrected chi connectivity index (χ3v) is 6.03. The fraction of sp³-hybridized carbons (Fsp3) is 0.292. The Hall–Kier alpha value is -3.61. The van der Waals surface area contributed by atoms with Crippen molar-refractivity contribution in [2.24, 2.45) is 0 Å². The maximum Gasteiger partial charge on any atom is 0.325 e. The van der Waals surface area contributed by atoms with Gasteiger partial charge in [-0.2, -0.15) is 0 Å². The van der Waals surface area contributed by atoms with Gasteiger partial charge >= 0.3 is 6.03 Å². The number of hydrogen-bond donors (Lipinski definition) is 1. The highest BCUT2D eigenvalue weighted by Crippen LogP contribution is 2.30. The van der Waals surface area contributed by atoms with Gasteiger partial charge in [0, 0.05) is 12.4 Å². The van der Waals surface area contributed by atoms with Crippen LogP contribution in [-0.2, 0) is 15.1 Å². The summed E-state index contributed by atoms with van der Waals surface area (Å²) in [7, 11) is 1.64. The molecule has 1 aromatic heterocycles. The van der Waals surface area contributed by atoms with Crippen molar-refractivity contribution in [2.45, 2.75) is 32.4 Å². The van der Waals surface area contributed by atoms with Crippen molar-refractivity contribution in [1.82, 2.24) is 15.1 Å². The summed E-state index contributed by atoms with van der Waals surface area (Å²) >= 11 is 0. The molecule has 0 bridgehead atoms. The van der Waals surface area contributed by atoms with E-state index in [-0.39, 0.29) is 18.5 Å². The van der Waals surface area contributed by atoms with Crippen LogP contribution in [-0.4, -0.2) is 41.2 Å². The van der Waals surface area contributed by atoms with E-state index >= 15 is 0 Å². The lowest BCUT2D eigenvalue weighted by molar-refractivity contribution is -0.139. The van der Waals surface area contributed by atoms with E-state index < -0.39 is 17.5 Å². The minimum absolute atomic E-state index is 0.340. The largest absolute Gasteiger partial charge is 0.459 e. The van der Waals surface area contributed by atoms with Crippen LogP contribution in [0, 0.1) is 6.92 Å². The lowest BCUT2D eigenvalue weighted by Gasteiger charge is -2.26. The Morgan fingerprint density at radius 2 is 1.84 bits per heavy atom. The molecule has 1 fully saturated rings. The van der Waals surface area contributed by atoms with Crippen LogP contribution in [0.5, 0.6) is 0 Å². The standard InChI is InChI=1S/C24H25N3O4/c1-15-9-11-18(12-10-15)24(3)22(29)27(23(30)25-24)14-21(28)26(4)16(2)20-13-17-7-5-6-8-19(17)31-20/h5-13,16H,14H2,1-4H3,(H,25,30). The molecule has 0 aliphatic carbocycles. The second kappa shape index (κ2) is 7.58. The van der Waals surface area contributed by atoms with Crippen molar-refractivity contribution in [1.29, 1.82) is 0 Å². The second-order valence-electron chi connectivity index (χ2n) is 8.18. The number of carbonyl (C=O) groups excluding carboxylic acids is 3. The molecule has 0 spiro atoms. The number of aryl methyl sites for hydroxylation is 1. The molecule has 1 saturated heterocycles. The summed E-state index contributed by atoms with van der Waals surface area (Å²) in [6, 6.07) is 16.0. The van der Waals surface area contributed by atoms with E-state index in [0.717, 1.165) is 21.4 Å². The Labute approximate surface area is 180 Å². The fourth-order valence-electron chi connectivity index (χ4n) is 3.79. The number of rotatable bonds is 5. The van der Waals surface area contributed by atoms with Gasteiger partial charge in [0.2, 0.25) is 5.91 Å². The molecule has 1 aliphatic rings. The number of carbonyl (C=O) groups is 3. The molecular formula is C24H25N3O4. The lowest BCUT2D eigenvalue weighted by atomic mass is 9.91. The molecule has 0 saturated carbocycles. The summed E-state index contributed by atoms with van der Waals surface area (Å²) < 4.78 is 5.86. The Bertz CT molecular complexity index is 1130. The van der Waals surface area contributed by atoms with Crippen LogP contribution in [0.2, 0.25) is 0 Å². The van der Waals surface area contributed by atoms with Gasteiger partial charge < -0.3 is 14.6 Å². The summed E-state index contributed by atoms with van der Waals surface area (Å²) in [5.41, 5.74) is 1.27. The van der Waals surface area contributed by atoms with Gasteiger partial charge in [-0.1, -0.05) is 48.0 Å². The third-order valence-electron chi connectivity index (χ3n) is 6.03. The van der Waals surface area contributed by atoms with Crippen molar-refractivity contribution in [2.75, 3.05) is 13.6 Å². The molecule has 2 unspecified atom stereocenters. The summed E-state index contributed by atoms with van der Waals surface area (Å²) in [5, 5.41) is 3.69. The molecule has 3 aromatic rings. The molecule has 1 aliphatic heterocycles. The predicted molar refractivity (Wildman–Crippen MR) is 116 cm³/mol. The van der Waals surface area contributed by atoms with E-state index in [1.54, 1.807) is 14.0 Å². The first-order valence-corrected chi connectivity index (χ1v) is 10.2. The number of urea groups is 1. The van der Waals surface area contributed by atoms with Gasteiger partial charge in [-0.25, -0.2) is 4.79 Å². The predicted octanol–water partition coefficient (Wildman–Crippen LogP) is 3.73. The van der Waals surface area contributed by atoms with Gasteiger partial charge in [-0.05, 0) is 38.5 Å². The highest BCUT2D eigenvalue weighted by molar-refractivity contribution is 6.09. The van der Waals surface area contributed by atoms with Gasteiger partial charge in [-0.3, -0.25) is 14.5 Å². The summed E-state index contributed by atoms with van der Waals surface area (Å²) in [6.45, 7) is 5.11. The molecule has 31 heavy (non-hydrogen) atoms. The second-order valence-corrected chi connectivity index (χ2v) is 8.18. The number of fused-ring (bicyclic) bond motifs is 1. The number of para-hydroxylation sites is 1. The minimum atomic E-state index is -1.20. The van der Waals surface area contributed by atoms with Gasteiger partial charge in [0.25, 0.3) is 5.91 Å². The topological polar surface area (TPSA) is 82.9 Å². The number of benzene rings is 2. The van der Waals surface area contributed by atoms with Crippen LogP contribution in [0.4, 0.5) is 4.79 Å². The first kappa shape index (κ1) is 20.7. The van der Waals surface area contributed by atoms with Crippen LogP contribution >= 0.6 is 0 Å². The van der Waals surface area contributed by atoms with Crippen LogP contribution in [0.15, 0.2) is 59.0 Å². The number of furan rings is 1. The number of amides is 4. The van der Waals surface area contributed by atoms with Crippen molar-refractivity contribution in [3.8, 4) is 0 Å². The quantitative estimate of drug-likeness (QED) is 0.639. The highest BCUT2D eigenvalue weighted by atomic mass is 16.3. The van der Waals surface area contributed by atoms with E-state index in [9.17, 15) is 14.4 Å². The van der Waals surface area contributed by atoms with Crippen LogP contribution in [0.3, 0.4) is 0 Å². The molecule has 7 nitrogen and oxygen atoms in total. The SMILES string of the molecule is Cc1ccc(C2(C)NC(=O)N(CC(=O)N(C)C(C)c3cc4ccccc4o3)C2=O)cc1. The smallest absolute Gasteiger partial charge is 0.325 e. The molecule has 4 rings (SSSR count). The molecule has 4 amide bonds. The van der Waals surface area contributed by atoms with Crippen LogP contribution in [0.25, 0.3) is 11.0 Å². The third kappa shape index (κ3) is 3.56. The monoisotopic (exact) mass is 419 g/mol. The zero-order valence-corrected chi connectivity index (χ0v) is 18.0. The van der Waals surface area contributed by atoms with E-state index in [0.29, 0.717) is 11.3 Å². The maximum atomic E-state index is 13.1. The van der Waals surface area contributed by atoms with Gasteiger partial charge in [-0.15, -0.1) is 0 Å². The molecule has 2 heterocycles. The van der Waals surface area contributed by atoms with Crippen molar-refractivity contribution in [3.05, 3.63) is 71.5 Å². The number of hydrogen-bond acceptors (Lipinski definition) is 4. The van der Waals surface area contributed by atoms with Gasteiger partial charge in [0.15, 0.2) is 0 Å². The zero-order valence-electron chi connectivity index (χ0n) is 18.0. The Kier molecular flexibility index (Phi) is 5.05. The fourth-order valence-corrected chi connectivity index (χ4v) is 3.79. The Morgan fingerprint density at radius 3 is 2.52 bits per heavy atom. The molecule has 160 valence electrons. The Balaban J connectivity index is 1.50. The number of imide groups is 1. The van der Waals surface area contributed by atoms with E-state index in [4.69, 9.17) is 4.42 Å². The molecule has 2 atom stereocenters. The lowest BCUT2D eigenvalue weighted by Crippen LogP contribution is -2.44. The first-order valence-electron chi connectivity index (χ1n) is 10.2. The average Bonchev–Trinajstić information content (AvgIpc) is 3.28. The van der Waals surface area contributed by atoms with Crippen molar-refractivity contribution >= 4 is 28.8 Å². The van der Waals surface area contributed by atoms with Crippen molar-refractivity contribution in [3.63, 3.8) is 0 Å². The first-order chi connectivity index (χ1) is 14.7. The van der Waals surface area contributed by atoms with E-state index in [2.05, 4.69) is 5.32 Å². The normalized spacial score (nSPS) is 19.5. The number of nitrogens with zero attached hydrogens (tertiary/aromatic N) is 2. The highest BCUT2D eigenvalue weighted by Gasteiger charge is 2.49. The molecule has 2 aromatic carbocycles. The summed E-state index contributed by atoms with van der Waals surface area (Å²) in [4.78, 5) is 41.0. The summed E-state index contributed by atoms with van der Waals surface area (Å²) in [5.74, 6) is -0.164. The summed E-state index contributed by atoms with van der Waals surface area (Å²) in [6.07, 6.45) is 0. The number of nitrogens with one attached hydrogen (secondary N) is 1. The molecule has 7 heteroatoms. The molecule has 1 N–H and O–H groups in total. The molecular weight excluding hydrogens is 394 g/mol. The van der Waals surface area contributed by atoms with Crippen molar-refractivity contribution < 1.29 is 18.8 Å². The van der Waals surface area contributed by atoms with Gasteiger partial charge in [0.05, 0.1) is 6.04 Å². The minimum Gasteiger partial charge on any atom is -0.459 e. The van der Waals surface area contributed by atoms with Crippen LogP contribution in [0.1, 0.15) is 36.8 Å². The van der Waals surface area contributed by atoms with E-state index in [1.165, 1.54) is 4.90 Å². The van der Waals surface area contributed by atoms with E-state index in [1.807, 2.05) is 68.4 Å². The van der Waals surface area contributed by atoms with Gasteiger partial charge in [0.1, 0.15) is 23.4 Å². The van der Waals surface area contributed by atoms with Crippen LogP contribution < -0.4 is 5.32 Å². The number of likely N-dealkylation sites (N-methyl/N-ethyl adjacent to an activating group) is 1. The zero-order chi connectivity index (χ0) is 22.3. The molecule has 0 radical (unpaired) electrons.